The Morgan fingerprint density at radius 3 is 2.67 bits per heavy atom. The standard InChI is InChI=1S/C12H15F2NO3/c1-7(16)11(12(17)18-2)15-6-8-3-4-9(13)5-10(8)14/h3-5,7,11,15-16H,6H2,1-2H3/t7-,11+/m1/s1. The van der Waals surface area contributed by atoms with Crippen LogP contribution in [0.2, 0.25) is 0 Å². The van der Waals surface area contributed by atoms with Crippen LogP contribution in [0.4, 0.5) is 8.78 Å². The first-order chi connectivity index (χ1) is 8.45. The molecule has 0 amide bonds. The molecule has 0 aliphatic rings. The lowest BCUT2D eigenvalue weighted by Gasteiger charge is -2.19. The van der Waals surface area contributed by atoms with Gasteiger partial charge in [0.2, 0.25) is 0 Å². The van der Waals surface area contributed by atoms with Crippen molar-refractivity contribution in [1.29, 1.82) is 0 Å². The molecule has 0 radical (unpaired) electrons. The number of carbonyl (C=O) groups is 1. The number of benzene rings is 1. The zero-order chi connectivity index (χ0) is 13.7. The van der Waals surface area contributed by atoms with E-state index < -0.39 is 29.7 Å². The summed E-state index contributed by atoms with van der Waals surface area (Å²) in [6.07, 6.45) is -0.985. The molecule has 0 unspecified atom stereocenters. The first-order valence-electron chi connectivity index (χ1n) is 5.39. The fourth-order valence-electron chi connectivity index (χ4n) is 1.46. The molecule has 0 saturated carbocycles. The van der Waals surface area contributed by atoms with Crippen molar-refractivity contribution in [3.05, 3.63) is 35.4 Å². The molecule has 0 heterocycles. The van der Waals surface area contributed by atoms with Gasteiger partial charge in [-0.3, -0.25) is 10.1 Å². The first-order valence-corrected chi connectivity index (χ1v) is 5.39. The van der Waals surface area contributed by atoms with Gasteiger partial charge in [0, 0.05) is 18.2 Å². The van der Waals surface area contributed by atoms with Gasteiger partial charge >= 0.3 is 5.97 Å². The summed E-state index contributed by atoms with van der Waals surface area (Å²) >= 11 is 0. The molecule has 4 nitrogen and oxygen atoms in total. The van der Waals surface area contributed by atoms with Crippen molar-refractivity contribution >= 4 is 5.97 Å². The van der Waals surface area contributed by atoms with Crippen LogP contribution in [0.25, 0.3) is 0 Å². The van der Waals surface area contributed by atoms with Crippen molar-refractivity contribution in [2.24, 2.45) is 0 Å². The van der Waals surface area contributed by atoms with Crippen molar-refractivity contribution in [2.45, 2.75) is 25.6 Å². The largest absolute Gasteiger partial charge is 0.468 e. The maximum absolute atomic E-state index is 13.3. The number of carbonyl (C=O) groups excluding carboxylic acids is 1. The fraction of sp³-hybridized carbons (Fsp3) is 0.417. The summed E-state index contributed by atoms with van der Waals surface area (Å²) in [6, 6.07) is 2.19. The molecule has 18 heavy (non-hydrogen) atoms. The van der Waals surface area contributed by atoms with Crippen LogP contribution in [0.3, 0.4) is 0 Å². The number of ether oxygens (including phenoxy) is 1. The Balaban J connectivity index is 2.70. The highest BCUT2D eigenvalue weighted by atomic mass is 19.1. The second-order valence-electron chi connectivity index (χ2n) is 3.86. The van der Waals surface area contributed by atoms with Gasteiger partial charge in [-0.2, -0.15) is 0 Å². The average molecular weight is 259 g/mol. The van der Waals surface area contributed by atoms with Crippen LogP contribution in [0.1, 0.15) is 12.5 Å². The molecule has 0 saturated heterocycles. The van der Waals surface area contributed by atoms with Crippen LogP contribution in [0, 0.1) is 11.6 Å². The van der Waals surface area contributed by atoms with E-state index >= 15 is 0 Å². The third-order valence-electron chi connectivity index (χ3n) is 2.47. The minimum absolute atomic E-state index is 0.0171. The van der Waals surface area contributed by atoms with E-state index in [1.165, 1.54) is 20.1 Å². The number of nitrogens with one attached hydrogen (secondary N) is 1. The van der Waals surface area contributed by atoms with Crippen molar-refractivity contribution < 1.29 is 23.4 Å². The molecule has 100 valence electrons. The van der Waals surface area contributed by atoms with E-state index in [0.717, 1.165) is 12.1 Å². The fourth-order valence-corrected chi connectivity index (χ4v) is 1.46. The predicted molar refractivity (Wildman–Crippen MR) is 60.7 cm³/mol. The third-order valence-corrected chi connectivity index (χ3v) is 2.47. The van der Waals surface area contributed by atoms with Crippen molar-refractivity contribution in [2.75, 3.05) is 7.11 Å². The van der Waals surface area contributed by atoms with E-state index in [-0.39, 0.29) is 12.1 Å². The number of halogens is 2. The Labute approximate surface area is 104 Å². The van der Waals surface area contributed by atoms with Gasteiger partial charge in [-0.1, -0.05) is 6.07 Å². The maximum atomic E-state index is 13.3. The van der Waals surface area contributed by atoms with Crippen LogP contribution < -0.4 is 5.32 Å². The van der Waals surface area contributed by atoms with Crippen molar-refractivity contribution in [3.8, 4) is 0 Å². The SMILES string of the molecule is COC(=O)[C@@H](NCc1ccc(F)cc1F)[C@@H](C)O. The third kappa shape index (κ3) is 3.75. The Morgan fingerprint density at radius 2 is 2.17 bits per heavy atom. The molecular weight excluding hydrogens is 244 g/mol. The van der Waals surface area contributed by atoms with E-state index in [4.69, 9.17) is 0 Å². The first kappa shape index (κ1) is 14.5. The summed E-state index contributed by atoms with van der Waals surface area (Å²) in [5.41, 5.74) is 0.200. The van der Waals surface area contributed by atoms with Gasteiger partial charge in [0.25, 0.3) is 0 Å². The van der Waals surface area contributed by atoms with Gasteiger partial charge in [-0.15, -0.1) is 0 Å². The highest BCUT2D eigenvalue weighted by molar-refractivity contribution is 5.76. The second-order valence-corrected chi connectivity index (χ2v) is 3.86. The Bertz CT molecular complexity index is 424. The summed E-state index contributed by atoms with van der Waals surface area (Å²) in [6.45, 7) is 1.40. The van der Waals surface area contributed by atoms with E-state index in [0.29, 0.717) is 0 Å². The maximum Gasteiger partial charge on any atom is 0.325 e. The van der Waals surface area contributed by atoms with E-state index in [9.17, 15) is 18.7 Å². The topological polar surface area (TPSA) is 58.6 Å². The molecule has 1 rings (SSSR count). The molecule has 0 aliphatic heterocycles. The summed E-state index contributed by atoms with van der Waals surface area (Å²) < 4.78 is 30.5. The normalized spacial score (nSPS) is 14.1. The van der Waals surface area contributed by atoms with Gasteiger partial charge in [0.1, 0.15) is 17.7 Å². The number of aliphatic hydroxyl groups excluding tert-OH is 1. The molecular formula is C12H15F2NO3. The minimum Gasteiger partial charge on any atom is -0.468 e. The Morgan fingerprint density at radius 1 is 1.50 bits per heavy atom. The lowest BCUT2D eigenvalue weighted by atomic mass is 10.1. The summed E-state index contributed by atoms with van der Waals surface area (Å²) in [5, 5.41) is 12.0. The predicted octanol–water partition coefficient (Wildman–Crippen LogP) is 0.977. The summed E-state index contributed by atoms with van der Waals surface area (Å²) in [4.78, 5) is 11.3. The van der Waals surface area contributed by atoms with Crippen LogP contribution in [0.15, 0.2) is 18.2 Å². The van der Waals surface area contributed by atoms with E-state index in [1.807, 2.05) is 0 Å². The van der Waals surface area contributed by atoms with Gasteiger partial charge in [0.15, 0.2) is 0 Å². The van der Waals surface area contributed by atoms with Crippen molar-refractivity contribution in [1.82, 2.24) is 5.32 Å². The molecule has 2 N–H and O–H groups in total. The van der Waals surface area contributed by atoms with Gasteiger partial charge in [-0.25, -0.2) is 8.78 Å². The number of hydrogen-bond acceptors (Lipinski definition) is 4. The quantitative estimate of drug-likeness (QED) is 0.774. The van der Waals surface area contributed by atoms with Crippen LogP contribution in [0.5, 0.6) is 0 Å². The van der Waals surface area contributed by atoms with Gasteiger partial charge in [0.05, 0.1) is 13.2 Å². The van der Waals surface area contributed by atoms with Crippen LogP contribution in [-0.4, -0.2) is 30.3 Å². The minimum atomic E-state index is -0.985. The van der Waals surface area contributed by atoms with Gasteiger partial charge in [-0.05, 0) is 13.0 Å². The molecule has 0 aromatic heterocycles. The lowest BCUT2D eigenvalue weighted by molar-refractivity contribution is -0.145. The average Bonchev–Trinajstić information content (AvgIpc) is 2.31. The lowest BCUT2D eigenvalue weighted by Crippen LogP contribution is -2.45. The van der Waals surface area contributed by atoms with E-state index in [2.05, 4.69) is 10.1 Å². The molecule has 1 aromatic carbocycles. The molecule has 0 spiro atoms. The zero-order valence-electron chi connectivity index (χ0n) is 10.1. The molecule has 0 aliphatic carbocycles. The number of rotatable bonds is 5. The van der Waals surface area contributed by atoms with Gasteiger partial charge < -0.3 is 9.84 Å². The highest BCUT2D eigenvalue weighted by Gasteiger charge is 2.24. The van der Waals surface area contributed by atoms with E-state index in [1.54, 1.807) is 0 Å². The number of aliphatic hydroxyl groups is 1. The number of esters is 1. The second kappa shape index (κ2) is 6.42. The summed E-state index contributed by atoms with van der Waals surface area (Å²) in [5.74, 6) is -2.03. The van der Waals surface area contributed by atoms with Crippen LogP contribution >= 0.6 is 0 Å². The molecule has 1 aromatic rings. The highest BCUT2D eigenvalue weighted by Crippen LogP contribution is 2.10. The van der Waals surface area contributed by atoms with Crippen LogP contribution in [-0.2, 0) is 16.1 Å². The Kier molecular flexibility index (Phi) is 5.18. The molecule has 0 bridgehead atoms. The molecule has 0 fully saturated rings. The molecule has 2 atom stereocenters. The zero-order valence-corrected chi connectivity index (χ0v) is 10.1. The smallest absolute Gasteiger partial charge is 0.325 e. The monoisotopic (exact) mass is 259 g/mol. The Hall–Kier alpha value is -1.53. The van der Waals surface area contributed by atoms with Crippen molar-refractivity contribution in [3.63, 3.8) is 0 Å². The molecule has 6 heteroatoms. The summed E-state index contributed by atoms with van der Waals surface area (Å²) in [7, 11) is 1.19. The number of hydrogen-bond donors (Lipinski definition) is 2. The number of methoxy groups -OCH3 is 1.